The standard InChI is InChI=1S/C18H24N4/c1-15(21-18-19-10-5-11-20-18)17-8-12-22(13-9-17)14-16-6-3-2-4-7-16/h2-7,10-11,15,17H,8-9,12-14H2,1H3,(H,19,20,21). The molecule has 2 aromatic rings. The smallest absolute Gasteiger partial charge is 0.222 e. The van der Waals surface area contributed by atoms with Crippen LogP contribution in [0.1, 0.15) is 25.3 Å². The van der Waals surface area contributed by atoms with Crippen LogP contribution in [0.5, 0.6) is 0 Å². The van der Waals surface area contributed by atoms with E-state index in [1.807, 2.05) is 6.07 Å². The number of rotatable bonds is 5. The van der Waals surface area contributed by atoms with E-state index in [0.717, 1.165) is 12.5 Å². The van der Waals surface area contributed by atoms with Gasteiger partial charge in [-0.3, -0.25) is 4.90 Å². The lowest BCUT2D eigenvalue weighted by Gasteiger charge is -2.35. The Morgan fingerprint density at radius 1 is 1.09 bits per heavy atom. The van der Waals surface area contributed by atoms with Gasteiger partial charge in [-0.15, -0.1) is 0 Å². The molecule has 1 saturated heterocycles. The third-order valence-corrected chi connectivity index (χ3v) is 4.51. The molecule has 0 aliphatic carbocycles. The Balaban J connectivity index is 1.47. The average Bonchev–Trinajstić information content (AvgIpc) is 2.57. The first-order valence-electron chi connectivity index (χ1n) is 8.11. The lowest BCUT2D eigenvalue weighted by Crippen LogP contribution is -2.39. The van der Waals surface area contributed by atoms with E-state index in [9.17, 15) is 0 Å². The number of likely N-dealkylation sites (tertiary alicyclic amines) is 1. The Bertz CT molecular complexity index is 550. The number of benzene rings is 1. The average molecular weight is 296 g/mol. The van der Waals surface area contributed by atoms with Crippen molar-refractivity contribution in [2.24, 2.45) is 5.92 Å². The van der Waals surface area contributed by atoms with E-state index < -0.39 is 0 Å². The van der Waals surface area contributed by atoms with Crippen molar-refractivity contribution in [1.82, 2.24) is 14.9 Å². The zero-order valence-corrected chi connectivity index (χ0v) is 13.2. The summed E-state index contributed by atoms with van der Waals surface area (Å²) in [6, 6.07) is 13.0. The lowest BCUT2D eigenvalue weighted by atomic mass is 9.90. The van der Waals surface area contributed by atoms with Gasteiger partial charge in [-0.05, 0) is 50.4 Å². The van der Waals surface area contributed by atoms with Gasteiger partial charge in [-0.2, -0.15) is 0 Å². The number of aromatic nitrogens is 2. The molecular weight excluding hydrogens is 272 g/mol. The predicted molar refractivity (Wildman–Crippen MR) is 89.6 cm³/mol. The summed E-state index contributed by atoms with van der Waals surface area (Å²) < 4.78 is 0. The minimum absolute atomic E-state index is 0.418. The first-order valence-corrected chi connectivity index (χ1v) is 8.11. The Morgan fingerprint density at radius 2 is 1.77 bits per heavy atom. The Morgan fingerprint density at radius 3 is 2.45 bits per heavy atom. The molecular formula is C18H24N4. The van der Waals surface area contributed by atoms with Crippen LogP contribution in [0, 0.1) is 5.92 Å². The summed E-state index contributed by atoms with van der Waals surface area (Å²) in [5, 5.41) is 3.44. The lowest BCUT2D eigenvalue weighted by molar-refractivity contribution is 0.169. The Labute approximate surface area is 132 Å². The number of piperidine rings is 1. The first-order chi connectivity index (χ1) is 10.8. The van der Waals surface area contributed by atoms with Crippen LogP contribution in [0.15, 0.2) is 48.8 Å². The quantitative estimate of drug-likeness (QED) is 0.920. The van der Waals surface area contributed by atoms with E-state index in [0.29, 0.717) is 12.0 Å². The third-order valence-electron chi connectivity index (χ3n) is 4.51. The van der Waals surface area contributed by atoms with Crippen LogP contribution in [0.4, 0.5) is 5.95 Å². The summed E-state index contributed by atoms with van der Waals surface area (Å²) in [5.74, 6) is 1.43. The number of nitrogens with one attached hydrogen (secondary N) is 1. The fourth-order valence-corrected chi connectivity index (χ4v) is 3.15. The van der Waals surface area contributed by atoms with E-state index in [2.05, 4.69) is 57.4 Å². The summed E-state index contributed by atoms with van der Waals surface area (Å²) >= 11 is 0. The molecule has 4 nitrogen and oxygen atoms in total. The van der Waals surface area contributed by atoms with Gasteiger partial charge in [0.1, 0.15) is 0 Å². The molecule has 0 amide bonds. The maximum Gasteiger partial charge on any atom is 0.222 e. The molecule has 0 spiro atoms. The maximum absolute atomic E-state index is 4.25. The predicted octanol–water partition coefficient (Wildman–Crippen LogP) is 3.19. The van der Waals surface area contributed by atoms with Crippen molar-refractivity contribution < 1.29 is 0 Å². The number of nitrogens with zero attached hydrogens (tertiary/aromatic N) is 3. The van der Waals surface area contributed by atoms with Crippen LogP contribution in [-0.4, -0.2) is 34.0 Å². The van der Waals surface area contributed by atoms with E-state index in [-0.39, 0.29) is 0 Å². The van der Waals surface area contributed by atoms with Crippen molar-refractivity contribution >= 4 is 5.95 Å². The highest BCUT2D eigenvalue weighted by Gasteiger charge is 2.24. The molecule has 1 unspecified atom stereocenters. The first kappa shape index (κ1) is 15.0. The molecule has 0 saturated carbocycles. The highest BCUT2D eigenvalue weighted by molar-refractivity contribution is 5.24. The summed E-state index contributed by atoms with van der Waals surface area (Å²) in [5.41, 5.74) is 1.41. The molecule has 0 radical (unpaired) electrons. The van der Waals surface area contributed by atoms with Crippen LogP contribution in [0.25, 0.3) is 0 Å². The molecule has 4 heteroatoms. The van der Waals surface area contributed by atoms with Crippen molar-refractivity contribution in [3.8, 4) is 0 Å². The SMILES string of the molecule is CC(Nc1ncccn1)C1CCN(Cc2ccccc2)CC1. The molecule has 116 valence electrons. The minimum Gasteiger partial charge on any atom is -0.351 e. The molecule has 1 aromatic carbocycles. The molecule has 1 N–H and O–H groups in total. The summed E-state index contributed by atoms with van der Waals surface area (Å²) in [7, 11) is 0. The molecule has 1 aliphatic rings. The van der Waals surface area contributed by atoms with Crippen molar-refractivity contribution in [2.75, 3.05) is 18.4 Å². The van der Waals surface area contributed by atoms with Gasteiger partial charge < -0.3 is 5.32 Å². The molecule has 1 atom stereocenters. The van der Waals surface area contributed by atoms with Crippen molar-refractivity contribution in [3.05, 3.63) is 54.4 Å². The minimum atomic E-state index is 0.418. The van der Waals surface area contributed by atoms with Gasteiger partial charge >= 0.3 is 0 Å². The largest absolute Gasteiger partial charge is 0.351 e. The Kier molecular flexibility index (Phi) is 5.01. The molecule has 1 fully saturated rings. The van der Waals surface area contributed by atoms with Gasteiger partial charge in [0.15, 0.2) is 0 Å². The second-order valence-corrected chi connectivity index (χ2v) is 6.10. The maximum atomic E-state index is 4.25. The fraction of sp³-hybridized carbons (Fsp3) is 0.444. The monoisotopic (exact) mass is 296 g/mol. The van der Waals surface area contributed by atoms with Crippen LogP contribution in [0.2, 0.25) is 0 Å². The highest BCUT2D eigenvalue weighted by Crippen LogP contribution is 2.23. The number of hydrogen-bond donors (Lipinski definition) is 1. The molecule has 22 heavy (non-hydrogen) atoms. The topological polar surface area (TPSA) is 41.1 Å². The van der Waals surface area contributed by atoms with E-state index in [1.165, 1.54) is 31.5 Å². The summed E-state index contributed by atoms with van der Waals surface area (Å²) in [6.45, 7) is 5.65. The van der Waals surface area contributed by atoms with E-state index >= 15 is 0 Å². The highest BCUT2D eigenvalue weighted by atomic mass is 15.1. The normalized spacial score (nSPS) is 18.0. The summed E-state index contributed by atoms with van der Waals surface area (Å²) in [4.78, 5) is 11.1. The molecule has 1 aliphatic heterocycles. The van der Waals surface area contributed by atoms with Crippen LogP contribution in [0.3, 0.4) is 0 Å². The van der Waals surface area contributed by atoms with Gasteiger partial charge in [0.05, 0.1) is 0 Å². The number of hydrogen-bond acceptors (Lipinski definition) is 4. The summed E-state index contributed by atoms with van der Waals surface area (Å²) in [6.07, 6.45) is 6.02. The fourth-order valence-electron chi connectivity index (χ4n) is 3.15. The Hall–Kier alpha value is -1.94. The van der Waals surface area contributed by atoms with Gasteiger partial charge in [-0.1, -0.05) is 30.3 Å². The van der Waals surface area contributed by atoms with E-state index in [4.69, 9.17) is 0 Å². The van der Waals surface area contributed by atoms with Crippen LogP contribution >= 0.6 is 0 Å². The van der Waals surface area contributed by atoms with Gasteiger partial charge in [0.2, 0.25) is 5.95 Å². The van der Waals surface area contributed by atoms with Crippen molar-refractivity contribution in [2.45, 2.75) is 32.4 Å². The van der Waals surface area contributed by atoms with Gasteiger partial charge in [0.25, 0.3) is 0 Å². The zero-order chi connectivity index (χ0) is 15.2. The van der Waals surface area contributed by atoms with Crippen molar-refractivity contribution in [1.29, 1.82) is 0 Å². The van der Waals surface area contributed by atoms with Crippen LogP contribution in [-0.2, 0) is 6.54 Å². The molecule has 2 heterocycles. The van der Waals surface area contributed by atoms with Crippen molar-refractivity contribution in [3.63, 3.8) is 0 Å². The van der Waals surface area contributed by atoms with E-state index in [1.54, 1.807) is 12.4 Å². The van der Waals surface area contributed by atoms with Gasteiger partial charge in [-0.25, -0.2) is 9.97 Å². The third kappa shape index (κ3) is 4.04. The second-order valence-electron chi connectivity index (χ2n) is 6.10. The van der Waals surface area contributed by atoms with Crippen LogP contribution < -0.4 is 5.32 Å². The zero-order valence-electron chi connectivity index (χ0n) is 13.2. The second kappa shape index (κ2) is 7.36. The molecule has 3 rings (SSSR count). The number of anilines is 1. The molecule has 0 bridgehead atoms. The van der Waals surface area contributed by atoms with Gasteiger partial charge in [0, 0.05) is 25.0 Å². The molecule has 1 aromatic heterocycles.